The molecule has 1 saturated heterocycles. The van der Waals surface area contributed by atoms with Crippen LogP contribution in [0.15, 0.2) is 91.0 Å². The van der Waals surface area contributed by atoms with Crippen LogP contribution in [0.1, 0.15) is 420 Å². The van der Waals surface area contributed by atoms with Gasteiger partial charge in [-0.25, -0.2) is 4.57 Å². The topological polar surface area (TPSA) is 247 Å². The van der Waals surface area contributed by atoms with E-state index in [-0.39, 0.29) is 87.5 Å². The molecule has 20 heteroatoms. The first-order chi connectivity index (χ1) is 59.2. The number of aliphatic hydroxyl groups excluding tert-OH is 1. The summed E-state index contributed by atoms with van der Waals surface area (Å²) in [5.41, 5.74) is 0.915. The van der Waals surface area contributed by atoms with Gasteiger partial charge in [0.05, 0.1) is 51.7 Å². The summed E-state index contributed by atoms with van der Waals surface area (Å²) in [4.78, 5) is 88.2. The standard InChI is InChI=1S/C101H169N2O17P/c1-7-13-19-25-31-34-40-43-54-66-85(91(105)73-61-46-37-28-22-16-10-4)78-97(110)117-100-98(103-94(107)80-90(72-56-45-42-36-33-27-21-15-9-3)115-96(109)75-63-48-39-30-24-18-12-6)101(116-92(81-104)99(100)120-121(111,118-87-67-57-50-58-68-87)119-88-69-59-51-60-70-88)113-77-76-86(83-112-82-84-64-52-49-53-65-84)102-93(106)79-89(71-55-44-41-35-32-26-20-14-8-2)114-95(108)74-62-47-38-29-23-17-11-5/h49-53,57-60,64-65,67-70,85-86,89-90,92,98-101,104H,7-48,54-56,61-63,66,71-83H2,1-6H3,(H,102,106)(H,103,107)/t85-,86+,89-,90-,92-,98-,99-,100-,101-/m1/s1. The summed E-state index contributed by atoms with van der Waals surface area (Å²) in [6.07, 6.45) is 44.2. The first kappa shape index (κ1) is 108. The van der Waals surface area contributed by atoms with Gasteiger partial charge in [0.2, 0.25) is 11.8 Å². The number of rotatable bonds is 81. The Hall–Kier alpha value is -5.69. The van der Waals surface area contributed by atoms with Crippen molar-refractivity contribution >= 4 is 43.3 Å². The van der Waals surface area contributed by atoms with E-state index < -0.39 is 87.1 Å². The van der Waals surface area contributed by atoms with Crippen molar-refractivity contribution < 1.29 is 80.4 Å². The molecule has 1 heterocycles. The molecule has 1 aliphatic rings. The van der Waals surface area contributed by atoms with E-state index in [2.05, 4.69) is 52.2 Å². The van der Waals surface area contributed by atoms with Crippen LogP contribution in [-0.4, -0.2) is 109 Å². The highest BCUT2D eigenvalue weighted by Crippen LogP contribution is 2.53. The Balaban J connectivity index is 1.86. The lowest BCUT2D eigenvalue weighted by atomic mass is 9.90. The number of aliphatic hydroxyl groups is 1. The predicted octanol–water partition coefficient (Wildman–Crippen LogP) is 26.2. The molecule has 690 valence electrons. The van der Waals surface area contributed by atoms with Gasteiger partial charge in [0.15, 0.2) is 12.4 Å². The molecule has 0 aliphatic carbocycles. The van der Waals surface area contributed by atoms with Crippen LogP contribution in [0.2, 0.25) is 0 Å². The Kier molecular flexibility index (Phi) is 64.5. The molecule has 3 aromatic rings. The van der Waals surface area contributed by atoms with Crippen LogP contribution < -0.4 is 19.7 Å². The van der Waals surface area contributed by atoms with Crippen molar-refractivity contribution in [1.29, 1.82) is 0 Å². The number of hydrogen-bond acceptors (Lipinski definition) is 17. The van der Waals surface area contributed by atoms with Gasteiger partial charge in [0, 0.05) is 25.2 Å². The van der Waals surface area contributed by atoms with Crippen molar-refractivity contribution in [2.45, 2.75) is 469 Å². The summed E-state index contributed by atoms with van der Waals surface area (Å²) < 4.78 is 74.5. The summed E-state index contributed by atoms with van der Waals surface area (Å²) in [6.45, 7) is 12.5. The third-order valence-electron chi connectivity index (χ3n) is 23.3. The number of benzene rings is 3. The molecule has 1 fully saturated rings. The summed E-state index contributed by atoms with van der Waals surface area (Å²) in [5, 5.41) is 18.1. The number of phosphoric ester groups is 1. The Morgan fingerprint density at radius 2 is 0.785 bits per heavy atom. The second kappa shape index (κ2) is 72.5. The number of esters is 3. The van der Waals surface area contributed by atoms with Crippen molar-refractivity contribution in [2.75, 3.05) is 19.8 Å². The monoisotopic (exact) mass is 1710 g/mol. The maximum atomic E-state index is 15.9. The minimum Gasteiger partial charge on any atom is -0.462 e. The molecule has 0 spiro atoms. The van der Waals surface area contributed by atoms with E-state index in [4.69, 9.17) is 42.0 Å². The second-order valence-corrected chi connectivity index (χ2v) is 36.0. The number of Topliss-reactive ketones (excluding diaryl/α,β-unsaturated/α-hetero) is 1. The molecule has 0 bridgehead atoms. The Morgan fingerprint density at radius 3 is 1.20 bits per heavy atom. The van der Waals surface area contributed by atoms with Gasteiger partial charge < -0.3 is 53.2 Å². The fourth-order valence-corrected chi connectivity index (χ4v) is 17.5. The van der Waals surface area contributed by atoms with Crippen molar-refractivity contribution in [1.82, 2.24) is 10.6 Å². The first-order valence-corrected chi connectivity index (χ1v) is 50.6. The Labute approximate surface area is 733 Å². The van der Waals surface area contributed by atoms with Crippen molar-refractivity contribution in [3.63, 3.8) is 0 Å². The lowest BCUT2D eigenvalue weighted by Gasteiger charge is -2.45. The quantitative estimate of drug-likeness (QED) is 0.0206. The molecule has 3 N–H and O–H groups in total. The zero-order chi connectivity index (χ0) is 87.1. The van der Waals surface area contributed by atoms with Gasteiger partial charge in [-0.05, 0) is 87.6 Å². The molecule has 3 aromatic carbocycles. The average Bonchev–Trinajstić information content (AvgIpc) is 0.771. The minimum atomic E-state index is -4.99. The van der Waals surface area contributed by atoms with Gasteiger partial charge >= 0.3 is 25.7 Å². The van der Waals surface area contributed by atoms with Gasteiger partial charge in [-0.1, -0.05) is 384 Å². The van der Waals surface area contributed by atoms with Crippen molar-refractivity contribution in [3.8, 4) is 11.5 Å². The zero-order valence-electron chi connectivity index (χ0n) is 76.6. The van der Waals surface area contributed by atoms with E-state index in [1.54, 1.807) is 60.7 Å². The highest BCUT2D eigenvalue weighted by molar-refractivity contribution is 7.49. The van der Waals surface area contributed by atoms with Crippen LogP contribution >= 0.6 is 7.82 Å². The van der Waals surface area contributed by atoms with E-state index in [0.29, 0.717) is 51.4 Å². The van der Waals surface area contributed by atoms with E-state index in [1.807, 2.05) is 30.3 Å². The highest BCUT2D eigenvalue weighted by Gasteiger charge is 2.54. The van der Waals surface area contributed by atoms with E-state index in [9.17, 15) is 24.3 Å². The highest BCUT2D eigenvalue weighted by atomic mass is 31.2. The van der Waals surface area contributed by atoms with Crippen LogP contribution in [-0.2, 0) is 72.9 Å². The molecule has 9 atom stereocenters. The molecule has 121 heavy (non-hydrogen) atoms. The van der Waals surface area contributed by atoms with Crippen LogP contribution in [0, 0.1) is 5.92 Å². The van der Waals surface area contributed by atoms with Gasteiger partial charge in [-0.15, -0.1) is 0 Å². The third-order valence-corrected chi connectivity index (χ3v) is 24.7. The first-order valence-electron chi connectivity index (χ1n) is 49.1. The SMILES string of the molecule is CCCCCCCCCCC[C@H](CC(=O)N[C@@H](CCO[C@@H]1O[C@H](CO)[C@@H](OP(=O)(Oc2ccccc2)Oc2ccccc2)[C@H](OC(=O)C[C@@H](CCCCCCCCCCC)C(=O)CCCCCCCCC)[C@H]1NC(=O)C[C@@H](CCCCCCCCCCC)OC(=O)CCCCCCCCC)COCc1ccccc1)OC(=O)CCCCCCCCC. The molecular weight excluding hydrogens is 1540 g/mol. The molecule has 19 nitrogen and oxygen atoms in total. The molecule has 1 aliphatic heterocycles. The van der Waals surface area contributed by atoms with Gasteiger partial charge in [-0.3, -0.25) is 33.3 Å². The van der Waals surface area contributed by atoms with Gasteiger partial charge in [0.25, 0.3) is 0 Å². The zero-order valence-corrected chi connectivity index (χ0v) is 77.5. The molecule has 0 aromatic heterocycles. The second-order valence-electron chi connectivity index (χ2n) is 34.5. The molecular formula is C101H169N2O17P. The number of carbonyl (C=O) groups excluding carboxylic acids is 6. The number of nitrogens with one attached hydrogen (secondary N) is 2. The molecule has 2 amide bonds. The Morgan fingerprint density at radius 1 is 0.413 bits per heavy atom. The maximum Gasteiger partial charge on any atom is 0.588 e. The van der Waals surface area contributed by atoms with Crippen molar-refractivity contribution in [2.24, 2.45) is 5.92 Å². The average molecular weight is 1710 g/mol. The van der Waals surface area contributed by atoms with Crippen LogP contribution in [0.5, 0.6) is 11.5 Å². The fraction of sp³-hybridized carbons (Fsp3) is 0.762. The number of hydrogen-bond donors (Lipinski definition) is 3. The maximum absolute atomic E-state index is 15.9. The molecule has 0 saturated carbocycles. The number of para-hydroxylation sites is 2. The summed E-state index contributed by atoms with van der Waals surface area (Å²) in [6, 6.07) is 24.0. The van der Waals surface area contributed by atoms with Crippen LogP contribution in [0.3, 0.4) is 0 Å². The molecule has 0 radical (unpaired) electrons. The Bertz CT molecular complexity index is 3030. The molecule has 0 unspecified atom stereocenters. The number of amides is 2. The number of unbranched alkanes of at least 4 members (excludes halogenated alkanes) is 42. The summed E-state index contributed by atoms with van der Waals surface area (Å²) in [7, 11) is -4.99. The number of phosphoric acid groups is 1. The van der Waals surface area contributed by atoms with Crippen molar-refractivity contribution in [3.05, 3.63) is 96.6 Å². The number of carbonyl (C=O) groups is 6. The van der Waals surface area contributed by atoms with Crippen LogP contribution in [0.25, 0.3) is 0 Å². The summed E-state index contributed by atoms with van der Waals surface area (Å²) in [5.74, 6) is -3.05. The van der Waals surface area contributed by atoms with E-state index >= 15 is 14.2 Å². The lowest BCUT2D eigenvalue weighted by molar-refractivity contribution is -0.271. The largest absolute Gasteiger partial charge is 0.588 e. The van der Waals surface area contributed by atoms with E-state index in [1.165, 1.54) is 103 Å². The fourth-order valence-electron chi connectivity index (χ4n) is 16.1. The minimum absolute atomic E-state index is 0.0279. The number of ether oxygens (including phenoxy) is 6. The normalized spacial score (nSPS) is 16.4. The summed E-state index contributed by atoms with van der Waals surface area (Å²) >= 11 is 0. The smallest absolute Gasteiger partial charge is 0.462 e. The van der Waals surface area contributed by atoms with Gasteiger partial charge in [-0.2, -0.15) is 0 Å². The number of ketones is 1. The lowest BCUT2D eigenvalue weighted by Crippen LogP contribution is -2.66. The van der Waals surface area contributed by atoms with Crippen LogP contribution in [0.4, 0.5) is 0 Å². The molecule has 4 rings (SSSR count). The predicted molar refractivity (Wildman–Crippen MR) is 488 cm³/mol. The van der Waals surface area contributed by atoms with E-state index in [0.717, 1.165) is 185 Å². The third kappa shape index (κ3) is 54.1. The van der Waals surface area contributed by atoms with Gasteiger partial charge in [0.1, 0.15) is 47.7 Å².